The van der Waals surface area contributed by atoms with Crippen molar-refractivity contribution < 1.29 is 13.9 Å². The lowest BCUT2D eigenvalue weighted by Gasteiger charge is -2.27. The van der Waals surface area contributed by atoms with Crippen LogP contribution in [-0.2, 0) is 9.47 Å². The summed E-state index contributed by atoms with van der Waals surface area (Å²) in [6, 6.07) is 4.12. The summed E-state index contributed by atoms with van der Waals surface area (Å²) in [6.45, 7) is 13.0. The smallest absolute Gasteiger partial charge is 0.191 e. The molecule has 1 fully saturated rings. The van der Waals surface area contributed by atoms with E-state index in [2.05, 4.69) is 36.3 Å². The molecule has 0 saturated carbocycles. The molecule has 154 valence electrons. The van der Waals surface area contributed by atoms with Gasteiger partial charge in [-0.1, -0.05) is 13.8 Å². The van der Waals surface area contributed by atoms with E-state index in [4.69, 9.17) is 18.9 Å². The van der Waals surface area contributed by atoms with Gasteiger partial charge in [0.2, 0.25) is 0 Å². The van der Waals surface area contributed by atoms with Gasteiger partial charge in [0.05, 0.1) is 31.6 Å². The maximum absolute atomic E-state index is 5.81. The SMILES string of the molecule is CCNC(=NCC(c1ccco1)N(CC)CC)NCCCOC1CCOC1. The Hall–Kier alpha value is -1.57. The fraction of sp³-hybridized carbons (Fsp3) is 0.750. The highest BCUT2D eigenvalue weighted by atomic mass is 16.5. The van der Waals surface area contributed by atoms with E-state index in [1.54, 1.807) is 6.26 Å². The number of guanidine groups is 1. The van der Waals surface area contributed by atoms with Gasteiger partial charge in [-0.25, -0.2) is 0 Å². The third-order valence-electron chi connectivity index (χ3n) is 4.75. The van der Waals surface area contributed by atoms with Crippen molar-refractivity contribution in [2.75, 3.05) is 52.5 Å². The van der Waals surface area contributed by atoms with Gasteiger partial charge >= 0.3 is 0 Å². The molecule has 1 aromatic heterocycles. The summed E-state index contributed by atoms with van der Waals surface area (Å²) in [4.78, 5) is 7.16. The Labute approximate surface area is 163 Å². The topological polar surface area (TPSA) is 71.3 Å². The first kappa shape index (κ1) is 21.7. The molecular formula is C20H36N4O3. The first-order chi connectivity index (χ1) is 13.3. The second kappa shape index (κ2) is 12.8. The molecule has 1 aromatic rings. The van der Waals surface area contributed by atoms with E-state index in [-0.39, 0.29) is 12.1 Å². The minimum atomic E-state index is 0.149. The molecule has 1 aliphatic rings. The number of nitrogens with one attached hydrogen (secondary N) is 2. The molecule has 0 bridgehead atoms. The number of aliphatic imine (C=N–C) groups is 1. The van der Waals surface area contributed by atoms with Gasteiger partial charge in [-0.15, -0.1) is 0 Å². The maximum Gasteiger partial charge on any atom is 0.191 e. The molecule has 2 atom stereocenters. The van der Waals surface area contributed by atoms with Gasteiger partial charge in [0.25, 0.3) is 0 Å². The van der Waals surface area contributed by atoms with E-state index in [0.29, 0.717) is 6.54 Å². The van der Waals surface area contributed by atoms with Crippen LogP contribution in [0.1, 0.15) is 45.4 Å². The summed E-state index contributed by atoms with van der Waals surface area (Å²) >= 11 is 0. The number of hydrogen-bond acceptors (Lipinski definition) is 5. The van der Waals surface area contributed by atoms with Crippen LogP contribution in [0.15, 0.2) is 27.8 Å². The number of ether oxygens (including phenoxy) is 2. The van der Waals surface area contributed by atoms with Crippen LogP contribution in [0.5, 0.6) is 0 Å². The van der Waals surface area contributed by atoms with Gasteiger partial charge in [-0.05, 0) is 45.0 Å². The van der Waals surface area contributed by atoms with Crippen molar-refractivity contribution in [1.29, 1.82) is 0 Å². The van der Waals surface area contributed by atoms with Crippen molar-refractivity contribution in [2.45, 2.75) is 45.8 Å². The molecule has 7 nitrogen and oxygen atoms in total. The first-order valence-corrected chi connectivity index (χ1v) is 10.3. The molecule has 2 unspecified atom stereocenters. The monoisotopic (exact) mass is 380 g/mol. The average Bonchev–Trinajstić information content (AvgIpc) is 3.38. The summed E-state index contributed by atoms with van der Waals surface area (Å²) in [5, 5.41) is 6.72. The van der Waals surface area contributed by atoms with Crippen molar-refractivity contribution >= 4 is 5.96 Å². The van der Waals surface area contributed by atoms with Crippen LogP contribution >= 0.6 is 0 Å². The standard InChI is InChI=1S/C20H36N4O3/c1-4-21-20(22-11-8-13-26-17-10-14-25-16-17)23-15-18(24(5-2)6-3)19-9-7-12-27-19/h7,9,12,17-18H,4-6,8,10-11,13-16H2,1-3H3,(H2,21,22,23). The second-order valence-corrected chi connectivity index (χ2v) is 6.61. The van der Waals surface area contributed by atoms with Gasteiger partial charge in [-0.3, -0.25) is 9.89 Å². The van der Waals surface area contributed by atoms with E-state index >= 15 is 0 Å². The quantitative estimate of drug-likeness (QED) is 0.330. The fourth-order valence-electron chi connectivity index (χ4n) is 3.22. The molecule has 0 amide bonds. The van der Waals surface area contributed by atoms with Crippen molar-refractivity contribution in [1.82, 2.24) is 15.5 Å². The average molecular weight is 381 g/mol. The highest BCUT2D eigenvalue weighted by Crippen LogP contribution is 2.21. The highest BCUT2D eigenvalue weighted by molar-refractivity contribution is 5.79. The van der Waals surface area contributed by atoms with E-state index in [9.17, 15) is 0 Å². The maximum atomic E-state index is 5.81. The summed E-state index contributed by atoms with van der Waals surface area (Å²) in [5.41, 5.74) is 0. The number of furan rings is 1. The minimum Gasteiger partial charge on any atom is -0.468 e. The van der Waals surface area contributed by atoms with Crippen LogP contribution in [0.2, 0.25) is 0 Å². The zero-order chi connectivity index (χ0) is 19.3. The van der Waals surface area contributed by atoms with Crippen molar-refractivity contribution in [3.8, 4) is 0 Å². The molecule has 0 radical (unpaired) electrons. The van der Waals surface area contributed by atoms with Crippen LogP contribution in [-0.4, -0.2) is 69.5 Å². The number of rotatable bonds is 12. The molecule has 1 saturated heterocycles. The van der Waals surface area contributed by atoms with E-state index in [1.807, 2.05) is 12.1 Å². The van der Waals surface area contributed by atoms with Crippen LogP contribution in [0, 0.1) is 0 Å². The minimum absolute atomic E-state index is 0.149. The lowest BCUT2D eigenvalue weighted by atomic mass is 10.2. The Morgan fingerprint density at radius 2 is 2.19 bits per heavy atom. The molecule has 2 N–H and O–H groups in total. The van der Waals surface area contributed by atoms with Crippen LogP contribution in [0.4, 0.5) is 0 Å². The first-order valence-electron chi connectivity index (χ1n) is 10.3. The Bertz CT molecular complexity index is 511. The van der Waals surface area contributed by atoms with Gasteiger partial charge in [-0.2, -0.15) is 0 Å². The fourth-order valence-corrected chi connectivity index (χ4v) is 3.22. The molecule has 0 aromatic carbocycles. The van der Waals surface area contributed by atoms with E-state index in [1.165, 1.54) is 0 Å². The molecule has 0 aliphatic carbocycles. The lowest BCUT2D eigenvalue weighted by molar-refractivity contribution is 0.0420. The van der Waals surface area contributed by atoms with Gasteiger partial charge < -0.3 is 24.5 Å². The summed E-state index contributed by atoms with van der Waals surface area (Å²) in [5.74, 6) is 1.80. The predicted molar refractivity (Wildman–Crippen MR) is 108 cm³/mol. The zero-order valence-electron chi connectivity index (χ0n) is 17.1. The van der Waals surface area contributed by atoms with Gasteiger partial charge in [0.15, 0.2) is 5.96 Å². The van der Waals surface area contributed by atoms with Crippen molar-refractivity contribution in [3.63, 3.8) is 0 Å². The number of nitrogens with zero attached hydrogens (tertiary/aromatic N) is 2. The summed E-state index contributed by atoms with van der Waals surface area (Å²) in [7, 11) is 0. The molecule has 2 heterocycles. The van der Waals surface area contributed by atoms with Gasteiger partial charge in [0, 0.05) is 26.3 Å². The molecule has 2 rings (SSSR count). The second-order valence-electron chi connectivity index (χ2n) is 6.61. The summed E-state index contributed by atoms with van der Waals surface area (Å²) < 4.78 is 16.8. The third kappa shape index (κ3) is 7.52. The predicted octanol–water partition coefficient (Wildman–Crippen LogP) is 2.41. The molecule has 0 spiro atoms. The zero-order valence-corrected chi connectivity index (χ0v) is 17.1. The molecular weight excluding hydrogens is 344 g/mol. The van der Waals surface area contributed by atoms with Crippen LogP contribution < -0.4 is 10.6 Å². The Kier molecular flexibility index (Phi) is 10.3. The van der Waals surface area contributed by atoms with Crippen molar-refractivity contribution in [3.05, 3.63) is 24.2 Å². The van der Waals surface area contributed by atoms with E-state index in [0.717, 1.165) is 70.6 Å². The Morgan fingerprint density at radius 1 is 1.33 bits per heavy atom. The van der Waals surface area contributed by atoms with Crippen LogP contribution in [0.3, 0.4) is 0 Å². The largest absolute Gasteiger partial charge is 0.468 e. The molecule has 1 aliphatic heterocycles. The number of hydrogen-bond donors (Lipinski definition) is 2. The van der Waals surface area contributed by atoms with Crippen molar-refractivity contribution in [2.24, 2.45) is 4.99 Å². The van der Waals surface area contributed by atoms with Crippen LogP contribution in [0.25, 0.3) is 0 Å². The highest BCUT2D eigenvalue weighted by Gasteiger charge is 2.20. The number of likely N-dealkylation sites (N-methyl/N-ethyl adjacent to an activating group) is 1. The lowest BCUT2D eigenvalue weighted by Crippen LogP contribution is -2.39. The van der Waals surface area contributed by atoms with E-state index < -0.39 is 0 Å². The molecule has 7 heteroatoms. The normalized spacial score (nSPS) is 18.8. The third-order valence-corrected chi connectivity index (χ3v) is 4.75. The molecule has 27 heavy (non-hydrogen) atoms. The summed E-state index contributed by atoms with van der Waals surface area (Å²) in [6.07, 6.45) is 3.96. The Balaban J connectivity index is 1.82. The Morgan fingerprint density at radius 3 is 2.81 bits per heavy atom. The van der Waals surface area contributed by atoms with Gasteiger partial charge in [0.1, 0.15) is 5.76 Å².